The number of ether oxygens (including phenoxy) is 5. The molecule has 2 aromatic heterocycles. The van der Waals surface area contributed by atoms with Crippen molar-refractivity contribution in [3.8, 4) is 45.3 Å². The number of benzene rings is 2. The van der Waals surface area contributed by atoms with Crippen LogP contribution >= 0.6 is 54.5 Å². The van der Waals surface area contributed by atoms with E-state index in [1.165, 1.54) is 11.1 Å². The molecule has 4 rings (SSSR count). The number of rotatable bonds is 19. The van der Waals surface area contributed by atoms with Crippen molar-refractivity contribution < 1.29 is 23.7 Å². The number of hydrogen-bond acceptors (Lipinski definition) is 7. The van der Waals surface area contributed by atoms with Crippen molar-refractivity contribution in [1.29, 1.82) is 0 Å². The standard InChI is InChI=1S/C45H62Br2O5S2/c1-13-48-29-52-39-35(26-54-41(39)47)33-24-31(45(11,12)28-43(6,7)8)18-20-37(33)51-22-16-15-21-50-36-19-17-30(44(9,10)27-42(3,4)5)23-32(36)34-25-53-40(46)38(34)49-14-2/h17-20,23-26H,13-16,21-22,27-29H2,1-12H3. The molecule has 0 atom stereocenters. The van der Waals surface area contributed by atoms with E-state index in [0.29, 0.717) is 26.4 Å². The number of halogens is 2. The molecule has 0 radical (unpaired) electrons. The molecule has 54 heavy (non-hydrogen) atoms. The van der Waals surface area contributed by atoms with Crippen molar-refractivity contribution in [1.82, 2.24) is 0 Å². The van der Waals surface area contributed by atoms with Gasteiger partial charge in [0.25, 0.3) is 0 Å². The van der Waals surface area contributed by atoms with Gasteiger partial charge in [0, 0.05) is 39.6 Å². The number of unbranched alkanes of at least 4 members (excludes halogenated alkanes) is 1. The normalized spacial score (nSPS) is 12.6. The molecule has 298 valence electrons. The zero-order valence-corrected chi connectivity index (χ0v) is 39.4. The van der Waals surface area contributed by atoms with Gasteiger partial charge in [0.1, 0.15) is 19.1 Å². The molecule has 0 bridgehead atoms. The Labute approximate surface area is 350 Å². The highest BCUT2D eigenvalue weighted by molar-refractivity contribution is 9.11. The molecule has 0 spiro atoms. The van der Waals surface area contributed by atoms with Crippen LogP contribution in [-0.4, -0.2) is 33.2 Å². The van der Waals surface area contributed by atoms with Gasteiger partial charge >= 0.3 is 0 Å². The summed E-state index contributed by atoms with van der Waals surface area (Å²) >= 11 is 10.7. The van der Waals surface area contributed by atoms with Crippen molar-refractivity contribution >= 4 is 54.5 Å². The van der Waals surface area contributed by atoms with Crippen LogP contribution < -0.4 is 18.9 Å². The Morgan fingerprint density at radius 3 is 1.35 bits per heavy atom. The van der Waals surface area contributed by atoms with Crippen LogP contribution in [0.3, 0.4) is 0 Å². The third-order valence-corrected chi connectivity index (χ3v) is 12.6. The van der Waals surface area contributed by atoms with Crippen LogP contribution in [0.1, 0.15) is 120 Å². The summed E-state index contributed by atoms with van der Waals surface area (Å²) in [5, 5.41) is 4.30. The van der Waals surface area contributed by atoms with E-state index in [2.05, 4.69) is 148 Å². The molecule has 0 aliphatic heterocycles. The fraction of sp³-hybridized carbons (Fsp3) is 0.556. The van der Waals surface area contributed by atoms with E-state index >= 15 is 0 Å². The predicted molar refractivity (Wildman–Crippen MR) is 238 cm³/mol. The lowest BCUT2D eigenvalue weighted by atomic mass is 9.72. The second-order valence-corrected chi connectivity index (χ2v) is 22.2. The highest BCUT2D eigenvalue weighted by atomic mass is 79.9. The van der Waals surface area contributed by atoms with Gasteiger partial charge in [0.15, 0.2) is 18.3 Å². The highest BCUT2D eigenvalue weighted by Crippen LogP contribution is 2.49. The SMILES string of the molecule is CCOCOc1c(-c2cc(C(C)(C)CC(C)(C)C)ccc2OCCCCOc2ccc(C(C)(C)CC(C)(C)C)cc2-c2csc(Br)c2OCC)csc1Br. The first kappa shape index (κ1) is 44.7. The van der Waals surface area contributed by atoms with E-state index < -0.39 is 0 Å². The van der Waals surface area contributed by atoms with Crippen LogP contribution in [0.5, 0.6) is 23.0 Å². The molecule has 0 aliphatic rings. The van der Waals surface area contributed by atoms with E-state index in [9.17, 15) is 0 Å². The lowest BCUT2D eigenvalue weighted by Gasteiger charge is -2.33. The van der Waals surface area contributed by atoms with Gasteiger partial charge in [0.2, 0.25) is 0 Å². The van der Waals surface area contributed by atoms with Gasteiger partial charge in [-0.2, -0.15) is 0 Å². The summed E-state index contributed by atoms with van der Waals surface area (Å²) in [7, 11) is 0. The van der Waals surface area contributed by atoms with Crippen molar-refractivity contribution in [3.05, 3.63) is 65.9 Å². The van der Waals surface area contributed by atoms with Crippen LogP contribution in [0.25, 0.3) is 22.3 Å². The molecule has 0 saturated carbocycles. The monoisotopic (exact) mass is 904 g/mol. The van der Waals surface area contributed by atoms with Crippen molar-refractivity contribution in [2.45, 2.75) is 120 Å². The second-order valence-electron chi connectivity index (χ2n) is 17.8. The summed E-state index contributed by atoms with van der Waals surface area (Å²) < 4.78 is 32.8. The van der Waals surface area contributed by atoms with E-state index in [1.807, 2.05) is 13.8 Å². The number of hydrogen-bond donors (Lipinski definition) is 0. The summed E-state index contributed by atoms with van der Waals surface area (Å²) in [6, 6.07) is 13.3. The van der Waals surface area contributed by atoms with Gasteiger partial charge < -0.3 is 23.7 Å². The Morgan fingerprint density at radius 2 is 0.963 bits per heavy atom. The largest absolute Gasteiger partial charge is 0.493 e. The third-order valence-electron chi connectivity index (χ3n) is 9.29. The van der Waals surface area contributed by atoms with Crippen LogP contribution in [0, 0.1) is 10.8 Å². The Morgan fingerprint density at radius 1 is 0.537 bits per heavy atom. The maximum Gasteiger partial charge on any atom is 0.189 e. The van der Waals surface area contributed by atoms with Crippen molar-refractivity contribution in [3.63, 3.8) is 0 Å². The lowest BCUT2D eigenvalue weighted by molar-refractivity contribution is 0.0226. The minimum atomic E-state index is -0.0234. The lowest BCUT2D eigenvalue weighted by Crippen LogP contribution is -2.25. The summed E-state index contributed by atoms with van der Waals surface area (Å²) in [4.78, 5) is 0. The van der Waals surface area contributed by atoms with Gasteiger partial charge in [-0.25, -0.2) is 0 Å². The van der Waals surface area contributed by atoms with E-state index in [0.717, 1.165) is 78.5 Å². The first-order valence-electron chi connectivity index (χ1n) is 19.2. The maximum atomic E-state index is 6.56. The molecule has 0 amide bonds. The molecule has 5 nitrogen and oxygen atoms in total. The van der Waals surface area contributed by atoms with Gasteiger partial charge in [-0.3, -0.25) is 0 Å². The highest BCUT2D eigenvalue weighted by Gasteiger charge is 2.30. The third kappa shape index (κ3) is 12.2. The summed E-state index contributed by atoms with van der Waals surface area (Å²) in [5.41, 5.74) is 7.11. The molecular weight excluding hydrogens is 844 g/mol. The quantitative estimate of drug-likeness (QED) is 0.0693. The van der Waals surface area contributed by atoms with Crippen LogP contribution in [-0.2, 0) is 15.6 Å². The molecule has 2 heterocycles. The zero-order chi connectivity index (χ0) is 39.9. The molecular formula is C45H62Br2O5S2. The fourth-order valence-electron chi connectivity index (χ4n) is 7.61. The summed E-state index contributed by atoms with van der Waals surface area (Å²) in [6.07, 6.45) is 3.81. The van der Waals surface area contributed by atoms with Gasteiger partial charge in [0.05, 0.1) is 19.8 Å². The van der Waals surface area contributed by atoms with Gasteiger partial charge in [-0.1, -0.05) is 81.4 Å². The smallest absolute Gasteiger partial charge is 0.189 e. The van der Waals surface area contributed by atoms with Gasteiger partial charge in [-0.05, 0) is 128 Å². The first-order valence-corrected chi connectivity index (χ1v) is 22.5. The van der Waals surface area contributed by atoms with Crippen LogP contribution in [0.2, 0.25) is 0 Å². The van der Waals surface area contributed by atoms with E-state index in [4.69, 9.17) is 23.7 Å². The Balaban J connectivity index is 1.53. The fourth-order valence-corrected chi connectivity index (χ4v) is 10.3. The van der Waals surface area contributed by atoms with Gasteiger partial charge in [-0.15, -0.1) is 22.7 Å². The predicted octanol–water partition coefficient (Wildman–Crippen LogP) is 15.1. The molecule has 9 heteroatoms. The first-order chi connectivity index (χ1) is 25.3. The minimum absolute atomic E-state index is 0.00340. The Kier molecular flexibility index (Phi) is 15.7. The minimum Gasteiger partial charge on any atom is -0.493 e. The van der Waals surface area contributed by atoms with Crippen molar-refractivity contribution in [2.24, 2.45) is 10.8 Å². The second kappa shape index (κ2) is 18.9. The van der Waals surface area contributed by atoms with E-state index in [-0.39, 0.29) is 28.5 Å². The summed E-state index contributed by atoms with van der Waals surface area (Å²) in [5.74, 6) is 3.38. The zero-order valence-electron chi connectivity index (χ0n) is 34.6. The van der Waals surface area contributed by atoms with Crippen LogP contribution in [0.4, 0.5) is 0 Å². The summed E-state index contributed by atoms with van der Waals surface area (Å²) in [6.45, 7) is 29.7. The van der Waals surface area contributed by atoms with Crippen LogP contribution in [0.15, 0.2) is 54.7 Å². The Hall–Kier alpha value is -2.04. The van der Waals surface area contributed by atoms with Crippen molar-refractivity contribution in [2.75, 3.05) is 33.2 Å². The molecule has 0 aliphatic carbocycles. The molecule has 2 aromatic carbocycles. The molecule has 0 saturated heterocycles. The maximum absolute atomic E-state index is 6.56. The Bertz CT molecular complexity index is 1810. The average molecular weight is 907 g/mol. The molecule has 0 fully saturated rings. The molecule has 0 unspecified atom stereocenters. The molecule has 4 aromatic rings. The molecule has 0 N–H and O–H groups in total. The topological polar surface area (TPSA) is 46.2 Å². The number of thiophene rings is 2. The average Bonchev–Trinajstić information content (AvgIpc) is 3.61. The van der Waals surface area contributed by atoms with E-state index in [1.54, 1.807) is 22.7 Å².